The lowest BCUT2D eigenvalue weighted by atomic mass is 10.1. The van der Waals surface area contributed by atoms with Gasteiger partial charge in [-0.2, -0.15) is 0 Å². The van der Waals surface area contributed by atoms with Crippen LogP contribution in [0.5, 0.6) is 0 Å². The molecule has 0 unspecified atom stereocenters. The lowest BCUT2D eigenvalue weighted by Gasteiger charge is -2.20. The first-order chi connectivity index (χ1) is 8.66. The van der Waals surface area contributed by atoms with E-state index in [0.29, 0.717) is 13.0 Å². The van der Waals surface area contributed by atoms with Crippen LogP contribution in [0.15, 0.2) is 42.1 Å². The third-order valence-electron chi connectivity index (χ3n) is 3.05. The van der Waals surface area contributed by atoms with E-state index in [4.69, 9.17) is 0 Å². The van der Waals surface area contributed by atoms with Gasteiger partial charge in [0.1, 0.15) is 5.78 Å². The van der Waals surface area contributed by atoms with E-state index in [2.05, 4.69) is 6.08 Å². The first kappa shape index (κ1) is 12.6. The van der Waals surface area contributed by atoms with Gasteiger partial charge in [0, 0.05) is 24.2 Å². The van der Waals surface area contributed by atoms with Gasteiger partial charge in [0.25, 0.3) is 0 Å². The number of hydrogen-bond acceptors (Lipinski definition) is 3. The zero-order valence-corrected chi connectivity index (χ0v) is 10.6. The molecule has 0 aliphatic carbocycles. The highest BCUT2D eigenvalue weighted by Crippen LogP contribution is 2.19. The molecular weight excluding hydrogens is 226 g/mol. The molecule has 0 radical (unpaired) electrons. The Morgan fingerprint density at radius 1 is 1.22 bits per heavy atom. The Hall–Kier alpha value is -1.90. The summed E-state index contributed by atoms with van der Waals surface area (Å²) in [4.78, 5) is 25.2. The highest BCUT2D eigenvalue weighted by Gasteiger charge is 2.19. The predicted molar refractivity (Wildman–Crippen MR) is 70.3 cm³/mol. The summed E-state index contributed by atoms with van der Waals surface area (Å²) >= 11 is 0. The summed E-state index contributed by atoms with van der Waals surface area (Å²) in [6, 6.07) is 9.28. The van der Waals surface area contributed by atoms with Crippen LogP contribution in [-0.2, 0) is 4.79 Å². The number of allylic oxidation sites excluding steroid dienone is 1. The van der Waals surface area contributed by atoms with Crippen LogP contribution in [-0.4, -0.2) is 29.6 Å². The zero-order chi connectivity index (χ0) is 13.0. The normalized spacial score (nSPS) is 14.5. The summed E-state index contributed by atoms with van der Waals surface area (Å²) in [5, 5.41) is 0. The third-order valence-corrected chi connectivity index (χ3v) is 3.05. The highest BCUT2D eigenvalue weighted by molar-refractivity contribution is 5.97. The van der Waals surface area contributed by atoms with Gasteiger partial charge in [0.15, 0.2) is 5.78 Å². The van der Waals surface area contributed by atoms with E-state index in [1.54, 1.807) is 6.92 Å². The minimum absolute atomic E-state index is 0.104. The molecule has 0 fully saturated rings. The second-order valence-electron chi connectivity index (χ2n) is 4.57. The van der Waals surface area contributed by atoms with E-state index in [1.807, 2.05) is 35.2 Å². The van der Waals surface area contributed by atoms with Gasteiger partial charge in [-0.3, -0.25) is 9.59 Å². The molecule has 0 aromatic heterocycles. The maximum absolute atomic E-state index is 12.1. The van der Waals surface area contributed by atoms with Crippen LogP contribution in [0.3, 0.4) is 0 Å². The van der Waals surface area contributed by atoms with Crippen molar-refractivity contribution >= 4 is 11.6 Å². The molecule has 0 saturated heterocycles. The molecule has 0 spiro atoms. The van der Waals surface area contributed by atoms with Crippen LogP contribution >= 0.6 is 0 Å². The smallest absolute Gasteiger partial charge is 0.182 e. The molecule has 0 saturated carbocycles. The Balaban J connectivity index is 2.00. The first-order valence-electron chi connectivity index (χ1n) is 6.18. The van der Waals surface area contributed by atoms with Crippen LogP contribution < -0.4 is 0 Å². The van der Waals surface area contributed by atoms with E-state index < -0.39 is 0 Å². The van der Waals surface area contributed by atoms with Crippen molar-refractivity contribution in [1.29, 1.82) is 0 Å². The molecule has 1 heterocycles. The van der Waals surface area contributed by atoms with Crippen LogP contribution in [0.25, 0.3) is 0 Å². The van der Waals surface area contributed by atoms with Gasteiger partial charge in [-0.25, -0.2) is 0 Å². The van der Waals surface area contributed by atoms with Gasteiger partial charge < -0.3 is 4.90 Å². The van der Waals surface area contributed by atoms with Crippen LogP contribution in [0.1, 0.15) is 30.1 Å². The summed E-state index contributed by atoms with van der Waals surface area (Å²) in [6.07, 6.45) is 3.41. The fourth-order valence-electron chi connectivity index (χ4n) is 2.17. The molecular formula is C15H17NO2. The average Bonchev–Trinajstić information content (AvgIpc) is 2.77. The number of ketones is 2. The van der Waals surface area contributed by atoms with Gasteiger partial charge in [0.2, 0.25) is 0 Å². The molecule has 1 aromatic rings. The highest BCUT2D eigenvalue weighted by atomic mass is 16.1. The summed E-state index contributed by atoms with van der Waals surface area (Å²) in [6.45, 7) is 2.78. The molecule has 3 nitrogen and oxygen atoms in total. The van der Waals surface area contributed by atoms with Crippen molar-refractivity contribution in [2.75, 3.05) is 13.1 Å². The molecule has 2 rings (SSSR count). The maximum atomic E-state index is 12.1. The van der Waals surface area contributed by atoms with Crippen molar-refractivity contribution in [2.24, 2.45) is 0 Å². The molecule has 94 valence electrons. The number of carbonyl (C=O) groups excluding carboxylic acids is 2. The van der Waals surface area contributed by atoms with E-state index in [9.17, 15) is 9.59 Å². The van der Waals surface area contributed by atoms with E-state index in [1.165, 1.54) is 0 Å². The second kappa shape index (κ2) is 5.63. The van der Waals surface area contributed by atoms with Crippen molar-refractivity contribution in [3.05, 3.63) is 47.7 Å². The molecule has 1 aliphatic heterocycles. The van der Waals surface area contributed by atoms with Gasteiger partial charge >= 0.3 is 0 Å². The van der Waals surface area contributed by atoms with Crippen molar-refractivity contribution in [2.45, 2.75) is 19.8 Å². The van der Waals surface area contributed by atoms with Crippen molar-refractivity contribution < 1.29 is 9.59 Å². The van der Waals surface area contributed by atoms with Gasteiger partial charge in [-0.15, -0.1) is 0 Å². The number of carbonyl (C=O) groups is 2. The Kier molecular flexibility index (Phi) is 3.92. The quantitative estimate of drug-likeness (QED) is 0.745. The number of benzene rings is 1. The largest absolute Gasteiger partial charge is 0.367 e. The van der Waals surface area contributed by atoms with Crippen LogP contribution in [0, 0.1) is 0 Å². The lowest BCUT2D eigenvalue weighted by Crippen LogP contribution is -2.27. The molecule has 1 aliphatic rings. The summed E-state index contributed by atoms with van der Waals surface area (Å²) in [7, 11) is 0. The van der Waals surface area contributed by atoms with Crippen molar-refractivity contribution in [3.8, 4) is 0 Å². The molecule has 18 heavy (non-hydrogen) atoms. The van der Waals surface area contributed by atoms with E-state index in [-0.39, 0.29) is 11.6 Å². The maximum Gasteiger partial charge on any atom is 0.182 e. The summed E-state index contributed by atoms with van der Waals surface area (Å²) < 4.78 is 0. The number of hydrogen-bond donors (Lipinski definition) is 0. The van der Waals surface area contributed by atoms with E-state index >= 15 is 0 Å². The van der Waals surface area contributed by atoms with Crippen LogP contribution in [0.4, 0.5) is 0 Å². The molecule has 0 bridgehead atoms. The fourth-order valence-corrected chi connectivity index (χ4v) is 2.17. The third kappa shape index (κ3) is 3.06. The Morgan fingerprint density at radius 3 is 2.61 bits per heavy atom. The minimum atomic E-state index is 0.104. The topological polar surface area (TPSA) is 37.4 Å². The zero-order valence-electron chi connectivity index (χ0n) is 10.6. The molecule has 0 N–H and O–H groups in total. The van der Waals surface area contributed by atoms with E-state index in [0.717, 1.165) is 24.2 Å². The standard InChI is InChI=1S/C15H17NO2/c1-12(17)10-14-8-5-9-16(14)11-15(18)13-6-3-2-4-7-13/h2-4,6-8H,5,9-11H2,1H3. The Morgan fingerprint density at radius 2 is 1.94 bits per heavy atom. The fraction of sp³-hybridized carbons (Fsp3) is 0.333. The SMILES string of the molecule is CC(=O)CC1=CCCN1CC(=O)c1ccccc1. The molecule has 0 amide bonds. The molecule has 3 heteroatoms. The Labute approximate surface area is 107 Å². The van der Waals surface area contributed by atoms with Gasteiger partial charge in [-0.1, -0.05) is 36.4 Å². The second-order valence-corrected chi connectivity index (χ2v) is 4.57. The van der Waals surface area contributed by atoms with Crippen molar-refractivity contribution in [3.63, 3.8) is 0 Å². The Bertz CT molecular complexity index is 477. The van der Waals surface area contributed by atoms with Crippen molar-refractivity contribution in [1.82, 2.24) is 4.90 Å². The predicted octanol–water partition coefficient (Wildman–Crippen LogP) is 2.44. The van der Waals surface area contributed by atoms with Gasteiger partial charge in [0.05, 0.1) is 6.54 Å². The number of rotatable bonds is 5. The number of Topliss-reactive ketones (excluding diaryl/α,β-unsaturated/α-hetero) is 2. The lowest BCUT2D eigenvalue weighted by molar-refractivity contribution is -0.116. The average molecular weight is 243 g/mol. The first-order valence-corrected chi connectivity index (χ1v) is 6.18. The number of nitrogens with zero attached hydrogens (tertiary/aromatic N) is 1. The summed E-state index contributed by atoms with van der Waals surface area (Å²) in [5.74, 6) is 0.243. The van der Waals surface area contributed by atoms with Crippen LogP contribution in [0.2, 0.25) is 0 Å². The van der Waals surface area contributed by atoms with Gasteiger partial charge in [-0.05, 0) is 13.3 Å². The molecule has 0 atom stereocenters. The summed E-state index contributed by atoms with van der Waals surface area (Å²) in [5.41, 5.74) is 1.72. The minimum Gasteiger partial charge on any atom is -0.367 e. The monoisotopic (exact) mass is 243 g/mol. The molecule has 1 aromatic carbocycles.